The van der Waals surface area contributed by atoms with Gasteiger partial charge < -0.3 is 15.5 Å². The third-order valence-corrected chi connectivity index (χ3v) is 4.93. The van der Waals surface area contributed by atoms with Gasteiger partial charge in [0.2, 0.25) is 5.91 Å². The Balaban J connectivity index is 0.00000147. The molecule has 0 aromatic rings. The van der Waals surface area contributed by atoms with Crippen molar-refractivity contribution >= 4 is 18.3 Å². The number of carbonyl (C=O) groups is 1. The molecule has 3 atom stereocenters. The minimum absolute atomic E-state index is 0. The van der Waals surface area contributed by atoms with E-state index in [1.54, 1.807) is 0 Å². The van der Waals surface area contributed by atoms with Gasteiger partial charge in [0.15, 0.2) is 0 Å². The predicted molar refractivity (Wildman–Crippen MR) is 83.1 cm³/mol. The van der Waals surface area contributed by atoms with Crippen LogP contribution in [0.15, 0.2) is 0 Å². The highest BCUT2D eigenvalue weighted by Crippen LogP contribution is 2.31. The Labute approximate surface area is 128 Å². The van der Waals surface area contributed by atoms with Crippen molar-refractivity contribution in [2.75, 3.05) is 26.2 Å². The first-order chi connectivity index (χ1) is 9.22. The molecule has 1 amide bonds. The molecule has 4 nitrogen and oxygen atoms in total. The number of hydrogen-bond acceptors (Lipinski definition) is 3. The number of piperidine rings is 1. The summed E-state index contributed by atoms with van der Waals surface area (Å²) < 4.78 is 0. The van der Waals surface area contributed by atoms with E-state index < -0.39 is 0 Å². The molecule has 0 aromatic heterocycles. The van der Waals surface area contributed by atoms with Crippen LogP contribution in [0.3, 0.4) is 0 Å². The monoisotopic (exact) mass is 301 g/mol. The molecule has 3 unspecified atom stereocenters. The number of carbonyl (C=O) groups excluding carboxylic acids is 1. The fourth-order valence-corrected chi connectivity index (χ4v) is 3.48. The van der Waals surface area contributed by atoms with Crippen molar-refractivity contribution in [3.8, 4) is 0 Å². The minimum atomic E-state index is 0. The quantitative estimate of drug-likeness (QED) is 0.825. The number of likely N-dealkylation sites (tertiary alicyclic amines) is 1. The van der Waals surface area contributed by atoms with Gasteiger partial charge in [-0.2, -0.15) is 0 Å². The van der Waals surface area contributed by atoms with E-state index >= 15 is 0 Å². The fourth-order valence-electron chi connectivity index (χ4n) is 3.48. The van der Waals surface area contributed by atoms with E-state index in [4.69, 9.17) is 0 Å². The lowest BCUT2D eigenvalue weighted by atomic mass is 9.94. The van der Waals surface area contributed by atoms with Crippen LogP contribution < -0.4 is 10.6 Å². The smallest absolute Gasteiger partial charge is 0.237 e. The molecule has 3 fully saturated rings. The molecular formula is C15H28ClN3O. The lowest BCUT2D eigenvalue weighted by molar-refractivity contribution is -0.124. The molecule has 0 radical (unpaired) electrons. The highest BCUT2D eigenvalue weighted by molar-refractivity contribution is 5.85. The van der Waals surface area contributed by atoms with Gasteiger partial charge in [-0.3, -0.25) is 4.79 Å². The number of halogens is 1. The Hall–Kier alpha value is -0.320. The molecule has 3 rings (SSSR count). The molecule has 2 aliphatic heterocycles. The topological polar surface area (TPSA) is 44.4 Å². The van der Waals surface area contributed by atoms with Gasteiger partial charge in [-0.05, 0) is 57.0 Å². The molecular weight excluding hydrogens is 274 g/mol. The zero-order valence-electron chi connectivity index (χ0n) is 12.4. The van der Waals surface area contributed by atoms with Gasteiger partial charge in [-0.1, -0.05) is 6.92 Å². The van der Waals surface area contributed by atoms with Crippen molar-refractivity contribution in [1.29, 1.82) is 0 Å². The van der Waals surface area contributed by atoms with Crippen LogP contribution >= 0.6 is 12.4 Å². The lowest BCUT2D eigenvalue weighted by Gasteiger charge is -2.27. The molecule has 20 heavy (non-hydrogen) atoms. The van der Waals surface area contributed by atoms with E-state index in [1.807, 2.05) is 0 Å². The molecule has 3 aliphatic rings. The van der Waals surface area contributed by atoms with Crippen molar-refractivity contribution < 1.29 is 4.79 Å². The first-order valence-electron chi connectivity index (χ1n) is 7.97. The molecule has 116 valence electrons. The zero-order chi connectivity index (χ0) is 13.2. The zero-order valence-corrected chi connectivity index (χ0v) is 13.3. The molecule has 2 saturated heterocycles. The summed E-state index contributed by atoms with van der Waals surface area (Å²) in [5.41, 5.74) is 0. The second-order valence-electron chi connectivity index (χ2n) is 6.76. The molecule has 1 aliphatic carbocycles. The predicted octanol–water partition coefficient (Wildman–Crippen LogP) is 1.40. The van der Waals surface area contributed by atoms with Gasteiger partial charge in [-0.25, -0.2) is 0 Å². The van der Waals surface area contributed by atoms with Gasteiger partial charge in [0, 0.05) is 19.1 Å². The van der Waals surface area contributed by atoms with Gasteiger partial charge in [0.05, 0.1) is 6.04 Å². The Morgan fingerprint density at radius 2 is 2.10 bits per heavy atom. The van der Waals surface area contributed by atoms with E-state index in [-0.39, 0.29) is 24.4 Å². The van der Waals surface area contributed by atoms with Gasteiger partial charge in [-0.15, -0.1) is 12.4 Å². The second kappa shape index (κ2) is 7.10. The van der Waals surface area contributed by atoms with Gasteiger partial charge in [0.25, 0.3) is 0 Å². The molecule has 0 spiro atoms. The Bertz CT molecular complexity index is 335. The second-order valence-corrected chi connectivity index (χ2v) is 6.76. The number of rotatable bonds is 4. The maximum Gasteiger partial charge on any atom is 0.237 e. The number of amides is 1. The molecule has 0 aromatic carbocycles. The number of hydrogen-bond donors (Lipinski definition) is 2. The summed E-state index contributed by atoms with van der Waals surface area (Å²) in [6.07, 6.45) is 6.23. The summed E-state index contributed by atoms with van der Waals surface area (Å²) in [6, 6.07) is 0.922. The molecule has 1 saturated carbocycles. The van der Waals surface area contributed by atoms with E-state index in [0.29, 0.717) is 11.8 Å². The van der Waals surface area contributed by atoms with Crippen LogP contribution in [0.4, 0.5) is 0 Å². The van der Waals surface area contributed by atoms with E-state index in [2.05, 4.69) is 22.5 Å². The van der Waals surface area contributed by atoms with Crippen LogP contribution in [0, 0.1) is 11.8 Å². The largest absolute Gasteiger partial charge is 0.354 e. The first-order valence-corrected chi connectivity index (χ1v) is 7.97. The van der Waals surface area contributed by atoms with E-state index in [9.17, 15) is 4.79 Å². The average molecular weight is 302 g/mol. The Morgan fingerprint density at radius 3 is 2.80 bits per heavy atom. The minimum Gasteiger partial charge on any atom is -0.354 e. The van der Waals surface area contributed by atoms with Crippen molar-refractivity contribution in [3.05, 3.63) is 0 Å². The molecule has 5 heteroatoms. The standard InChI is InChI=1S/C15H27N3O.ClH/c1-11-4-6-16-14(8-11)15(19)17-9-12-5-7-18(10-12)13-2-3-13;/h11-14,16H,2-10H2,1H3,(H,17,19);1H. The van der Waals surface area contributed by atoms with Crippen LogP contribution in [0.2, 0.25) is 0 Å². The lowest BCUT2D eigenvalue weighted by Crippen LogP contribution is -2.49. The van der Waals surface area contributed by atoms with Crippen molar-refractivity contribution in [2.24, 2.45) is 11.8 Å². The first kappa shape index (κ1) is 16.1. The van der Waals surface area contributed by atoms with Crippen LogP contribution in [0.5, 0.6) is 0 Å². The van der Waals surface area contributed by atoms with Crippen LogP contribution in [-0.2, 0) is 4.79 Å². The number of nitrogens with one attached hydrogen (secondary N) is 2. The summed E-state index contributed by atoms with van der Waals surface area (Å²) in [5.74, 6) is 1.57. The highest BCUT2D eigenvalue weighted by Gasteiger charge is 2.34. The van der Waals surface area contributed by atoms with Crippen LogP contribution in [-0.4, -0.2) is 49.1 Å². The highest BCUT2D eigenvalue weighted by atomic mass is 35.5. The third-order valence-electron chi connectivity index (χ3n) is 4.93. The Kier molecular flexibility index (Phi) is 5.70. The van der Waals surface area contributed by atoms with Gasteiger partial charge >= 0.3 is 0 Å². The molecule has 0 bridgehead atoms. The van der Waals surface area contributed by atoms with Gasteiger partial charge in [0.1, 0.15) is 0 Å². The maximum atomic E-state index is 12.1. The summed E-state index contributed by atoms with van der Waals surface area (Å²) >= 11 is 0. The van der Waals surface area contributed by atoms with Crippen molar-refractivity contribution in [3.63, 3.8) is 0 Å². The van der Waals surface area contributed by atoms with E-state index in [1.165, 1.54) is 38.8 Å². The SMILES string of the molecule is CC1CCNC(C(=O)NCC2CCN(C3CC3)C2)C1.Cl. The van der Waals surface area contributed by atoms with E-state index in [0.717, 1.165) is 25.6 Å². The normalized spacial score (nSPS) is 34.5. The summed E-state index contributed by atoms with van der Waals surface area (Å²) in [6.45, 7) is 6.53. The summed E-state index contributed by atoms with van der Waals surface area (Å²) in [5, 5.41) is 6.51. The molecule has 2 N–H and O–H groups in total. The number of nitrogens with zero attached hydrogens (tertiary/aromatic N) is 1. The van der Waals surface area contributed by atoms with Crippen LogP contribution in [0.1, 0.15) is 39.0 Å². The van der Waals surface area contributed by atoms with Crippen molar-refractivity contribution in [2.45, 2.75) is 51.1 Å². The van der Waals surface area contributed by atoms with Crippen molar-refractivity contribution in [1.82, 2.24) is 15.5 Å². The maximum absolute atomic E-state index is 12.1. The Morgan fingerprint density at radius 1 is 1.30 bits per heavy atom. The molecule has 2 heterocycles. The summed E-state index contributed by atoms with van der Waals surface area (Å²) in [7, 11) is 0. The fraction of sp³-hybridized carbons (Fsp3) is 0.933. The summed E-state index contributed by atoms with van der Waals surface area (Å²) in [4.78, 5) is 14.7. The third kappa shape index (κ3) is 4.09. The average Bonchev–Trinajstić information content (AvgIpc) is 3.15. The van der Waals surface area contributed by atoms with Crippen LogP contribution in [0.25, 0.3) is 0 Å².